The fourth-order valence-electron chi connectivity index (χ4n) is 3.88. The van der Waals surface area contributed by atoms with Crippen molar-refractivity contribution in [3.8, 4) is 0 Å². The molecular formula is C17H30N2O. The Balaban J connectivity index is 1.73. The molecule has 3 aliphatic rings. The molecule has 3 atom stereocenters. The summed E-state index contributed by atoms with van der Waals surface area (Å²) in [5.41, 5.74) is 6.26. The smallest absolute Gasteiger partial charge is 0.226 e. The van der Waals surface area contributed by atoms with E-state index in [1.165, 1.54) is 25.7 Å². The Hall–Kier alpha value is -0.570. The average molecular weight is 278 g/mol. The highest BCUT2D eigenvalue weighted by molar-refractivity contribution is 5.80. The molecule has 20 heavy (non-hydrogen) atoms. The number of carbonyl (C=O) groups is 1. The summed E-state index contributed by atoms with van der Waals surface area (Å²) in [4.78, 5) is 15.3. The van der Waals surface area contributed by atoms with E-state index in [0.717, 1.165) is 25.3 Å². The van der Waals surface area contributed by atoms with Crippen LogP contribution in [0.3, 0.4) is 0 Å². The lowest BCUT2D eigenvalue weighted by molar-refractivity contribution is -0.144. The minimum absolute atomic E-state index is 0.0332. The van der Waals surface area contributed by atoms with Gasteiger partial charge in [0.05, 0.1) is 0 Å². The van der Waals surface area contributed by atoms with Gasteiger partial charge < -0.3 is 10.6 Å². The maximum absolute atomic E-state index is 13.1. The van der Waals surface area contributed by atoms with Crippen molar-refractivity contribution in [2.45, 2.75) is 71.4 Å². The first kappa shape index (κ1) is 14.4. The van der Waals surface area contributed by atoms with E-state index in [4.69, 9.17) is 5.73 Å². The SMILES string of the molecule is CC1C(N)CCC(C(=O)N(CC2CC2)C2CC2)C1(C)C. The zero-order valence-corrected chi connectivity index (χ0v) is 13.3. The van der Waals surface area contributed by atoms with Gasteiger partial charge in [-0.05, 0) is 55.8 Å². The third-order valence-corrected chi connectivity index (χ3v) is 6.22. The van der Waals surface area contributed by atoms with E-state index in [-0.39, 0.29) is 17.4 Å². The number of nitrogens with zero attached hydrogens (tertiary/aromatic N) is 1. The lowest BCUT2D eigenvalue weighted by Gasteiger charge is -2.47. The van der Waals surface area contributed by atoms with Crippen molar-refractivity contribution in [2.75, 3.05) is 6.54 Å². The first-order valence-corrected chi connectivity index (χ1v) is 8.47. The third kappa shape index (κ3) is 2.61. The van der Waals surface area contributed by atoms with E-state index in [1.807, 2.05) is 0 Å². The summed E-state index contributed by atoms with van der Waals surface area (Å²) in [6.45, 7) is 7.76. The number of rotatable bonds is 4. The lowest BCUT2D eigenvalue weighted by Crippen LogP contribution is -2.53. The molecule has 1 amide bonds. The fraction of sp³-hybridized carbons (Fsp3) is 0.941. The van der Waals surface area contributed by atoms with Gasteiger partial charge in [-0.2, -0.15) is 0 Å². The van der Waals surface area contributed by atoms with Gasteiger partial charge in [0.15, 0.2) is 0 Å². The van der Waals surface area contributed by atoms with Gasteiger partial charge in [0.1, 0.15) is 0 Å². The number of amides is 1. The van der Waals surface area contributed by atoms with Crippen molar-refractivity contribution in [2.24, 2.45) is 28.9 Å². The maximum Gasteiger partial charge on any atom is 0.226 e. The Morgan fingerprint density at radius 1 is 1.15 bits per heavy atom. The second-order valence-corrected chi connectivity index (χ2v) is 8.07. The largest absolute Gasteiger partial charge is 0.339 e. The normalized spacial score (nSPS) is 36.7. The summed E-state index contributed by atoms with van der Waals surface area (Å²) in [6.07, 6.45) is 7.08. The summed E-state index contributed by atoms with van der Waals surface area (Å²) in [5, 5.41) is 0. The van der Waals surface area contributed by atoms with E-state index >= 15 is 0 Å². The van der Waals surface area contributed by atoms with Gasteiger partial charge in [0, 0.05) is 24.5 Å². The molecule has 3 nitrogen and oxygen atoms in total. The molecule has 3 fully saturated rings. The summed E-state index contributed by atoms with van der Waals surface area (Å²) in [6, 6.07) is 0.816. The van der Waals surface area contributed by atoms with Crippen LogP contribution in [-0.2, 0) is 4.79 Å². The molecule has 3 unspecified atom stereocenters. The minimum Gasteiger partial charge on any atom is -0.339 e. The van der Waals surface area contributed by atoms with E-state index in [0.29, 0.717) is 17.9 Å². The van der Waals surface area contributed by atoms with Gasteiger partial charge in [-0.3, -0.25) is 4.79 Å². The molecule has 3 aliphatic carbocycles. The lowest BCUT2D eigenvalue weighted by atomic mass is 9.60. The van der Waals surface area contributed by atoms with Gasteiger partial charge in [-0.1, -0.05) is 20.8 Å². The molecule has 0 aromatic carbocycles. The summed E-state index contributed by atoms with van der Waals surface area (Å²) >= 11 is 0. The fourth-order valence-corrected chi connectivity index (χ4v) is 3.88. The van der Waals surface area contributed by atoms with Crippen LogP contribution in [0, 0.1) is 23.2 Å². The second-order valence-electron chi connectivity index (χ2n) is 8.07. The molecule has 0 aromatic heterocycles. The van der Waals surface area contributed by atoms with Crippen LogP contribution in [0.5, 0.6) is 0 Å². The predicted octanol–water partition coefficient (Wildman–Crippen LogP) is 2.79. The van der Waals surface area contributed by atoms with Crippen LogP contribution in [0.1, 0.15) is 59.3 Å². The Kier molecular flexibility index (Phi) is 3.60. The Morgan fingerprint density at radius 2 is 1.80 bits per heavy atom. The highest BCUT2D eigenvalue weighted by atomic mass is 16.2. The third-order valence-electron chi connectivity index (χ3n) is 6.22. The summed E-state index contributed by atoms with van der Waals surface area (Å²) < 4.78 is 0. The molecule has 3 rings (SSSR count). The molecule has 114 valence electrons. The van der Waals surface area contributed by atoms with Gasteiger partial charge in [-0.15, -0.1) is 0 Å². The van der Waals surface area contributed by atoms with Crippen molar-refractivity contribution >= 4 is 5.91 Å². The Labute approximate surface area is 123 Å². The number of hydrogen-bond donors (Lipinski definition) is 1. The second kappa shape index (κ2) is 5.01. The zero-order chi connectivity index (χ0) is 14.5. The number of carbonyl (C=O) groups excluding carboxylic acids is 1. The predicted molar refractivity (Wildman–Crippen MR) is 81.1 cm³/mol. The van der Waals surface area contributed by atoms with Crippen LogP contribution in [-0.4, -0.2) is 29.4 Å². The first-order chi connectivity index (χ1) is 9.41. The maximum atomic E-state index is 13.1. The molecule has 2 N–H and O–H groups in total. The molecular weight excluding hydrogens is 248 g/mol. The van der Waals surface area contributed by atoms with Crippen LogP contribution in [0.25, 0.3) is 0 Å². The van der Waals surface area contributed by atoms with E-state index in [1.54, 1.807) is 0 Å². The molecule has 3 saturated carbocycles. The molecule has 0 aromatic rings. The van der Waals surface area contributed by atoms with Crippen molar-refractivity contribution in [3.63, 3.8) is 0 Å². The Bertz CT molecular complexity index is 384. The molecule has 0 radical (unpaired) electrons. The highest BCUT2D eigenvalue weighted by Crippen LogP contribution is 2.46. The molecule has 0 aliphatic heterocycles. The summed E-state index contributed by atoms with van der Waals surface area (Å²) in [7, 11) is 0. The quantitative estimate of drug-likeness (QED) is 0.859. The van der Waals surface area contributed by atoms with Gasteiger partial charge in [-0.25, -0.2) is 0 Å². The van der Waals surface area contributed by atoms with Crippen LogP contribution >= 0.6 is 0 Å². The van der Waals surface area contributed by atoms with E-state index in [9.17, 15) is 4.79 Å². The zero-order valence-electron chi connectivity index (χ0n) is 13.3. The van der Waals surface area contributed by atoms with Crippen LogP contribution < -0.4 is 5.73 Å². The number of hydrogen-bond acceptors (Lipinski definition) is 2. The van der Waals surface area contributed by atoms with Crippen molar-refractivity contribution in [1.82, 2.24) is 4.90 Å². The van der Waals surface area contributed by atoms with Crippen molar-refractivity contribution in [1.29, 1.82) is 0 Å². The van der Waals surface area contributed by atoms with Gasteiger partial charge >= 0.3 is 0 Å². The van der Waals surface area contributed by atoms with Gasteiger partial charge in [0.2, 0.25) is 5.91 Å². The van der Waals surface area contributed by atoms with Gasteiger partial charge in [0.25, 0.3) is 0 Å². The van der Waals surface area contributed by atoms with Crippen molar-refractivity contribution < 1.29 is 4.79 Å². The minimum atomic E-state index is 0.0332. The van der Waals surface area contributed by atoms with Crippen molar-refractivity contribution in [3.05, 3.63) is 0 Å². The van der Waals surface area contributed by atoms with Crippen LogP contribution in [0.4, 0.5) is 0 Å². The molecule has 3 heteroatoms. The average Bonchev–Trinajstić information content (AvgIpc) is 3.25. The molecule has 0 heterocycles. The first-order valence-electron chi connectivity index (χ1n) is 8.47. The molecule has 0 bridgehead atoms. The topological polar surface area (TPSA) is 46.3 Å². The van der Waals surface area contributed by atoms with Crippen LogP contribution in [0.15, 0.2) is 0 Å². The standard InChI is InChI=1S/C17H30N2O/c1-11-15(18)9-8-14(17(11,2)3)16(20)19(13-6-7-13)10-12-4-5-12/h11-15H,4-10,18H2,1-3H3. The van der Waals surface area contributed by atoms with E-state index in [2.05, 4.69) is 25.7 Å². The Morgan fingerprint density at radius 3 is 2.35 bits per heavy atom. The summed E-state index contributed by atoms with van der Waals surface area (Å²) in [5.74, 6) is 1.83. The highest BCUT2D eigenvalue weighted by Gasteiger charge is 2.48. The monoisotopic (exact) mass is 278 g/mol. The molecule has 0 spiro atoms. The van der Waals surface area contributed by atoms with E-state index < -0.39 is 0 Å². The number of nitrogens with two attached hydrogens (primary N) is 1. The molecule has 0 saturated heterocycles. The van der Waals surface area contributed by atoms with Crippen LogP contribution in [0.2, 0.25) is 0 Å².